The molecule has 4 heterocycles. The van der Waals surface area contributed by atoms with Crippen LogP contribution in [0.3, 0.4) is 0 Å². The highest BCUT2D eigenvalue weighted by Crippen LogP contribution is 2.67. The fourth-order valence-corrected chi connectivity index (χ4v) is 10.3. The van der Waals surface area contributed by atoms with Crippen molar-refractivity contribution in [2.45, 2.75) is 45.2 Å². The summed E-state index contributed by atoms with van der Waals surface area (Å²) in [5.74, 6) is 4.76. The van der Waals surface area contributed by atoms with Crippen molar-refractivity contribution in [2.75, 3.05) is 25.6 Å². The van der Waals surface area contributed by atoms with E-state index in [1.807, 2.05) is 12.1 Å². The van der Waals surface area contributed by atoms with Gasteiger partial charge in [0.1, 0.15) is 30.2 Å². The number of nitrogens with one attached hydrogen (secondary N) is 2. The first-order valence-corrected chi connectivity index (χ1v) is 24.7. The number of allylic oxidation sites excluding steroid dienone is 1. The summed E-state index contributed by atoms with van der Waals surface area (Å²) < 4.78 is 65.3. The zero-order chi connectivity index (χ0) is 49.8. The maximum atomic E-state index is 13.3. The van der Waals surface area contributed by atoms with Crippen LogP contribution in [0.2, 0.25) is 0 Å². The van der Waals surface area contributed by atoms with Gasteiger partial charge < -0.3 is 49.8 Å². The van der Waals surface area contributed by atoms with Gasteiger partial charge in [-0.3, -0.25) is 23.2 Å². The Morgan fingerprint density at radius 2 is 1.70 bits per heavy atom. The molecule has 69 heavy (non-hydrogen) atoms. The second-order valence-corrected chi connectivity index (χ2v) is 19.8. The van der Waals surface area contributed by atoms with Crippen molar-refractivity contribution in [3.63, 3.8) is 0 Å². The van der Waals surface area contributed by atoms with Gasteiger partial charge in [0, 0.05) is 60.0 Å². The molecule has 0 radical (unpaired) electrons. The van der Waals surface area contributed by atoms with Gasteiger partial charge in [-0.25, -0.2) is 33.4 Å². The van der Waals surface area contributed by atoms with E-state index in [0.29, 0.717) is 52.9 Å². The number of phosphoric acid groups is 3. The molecule has 6 atom stereocenters. The molecule has 1 fully saturated rings. The quantitative estimate of drug-likeness (QED) is 0.0317. The summed E-state index contributed by atoms with van der Waals surface area (Å²) in [5.41, 5.74) is 3.35. The molecule has 0 spiro atoms. The molecule has 8 N–H and O–H groups in total. The third-order valence-corrected chi connectivity index (χ3v) is 14.4. The van der Waals surface area contributed by atoms with Crippen molar-refractivity contribution < 1.29 is 80.1 Å². The molecule has 362 valence electrons. The van der Waals surface area contributed by atoms with Gasteiger partial charge in [-0.2, -0.15) is 8.62 Å². The predicted octanol–water partition coefficient (Wildman–Crippen LogP) is 5.52. The van der Waals surface area contributed by atoms with Crippen molar-refractivity contribution >= 4 is 58.4 Å². The van der Waals surface area contributed by atoms with Gasteiger partial charge in [0.2, 0.25) is 0 Å². The monoisotopic (exact) mass is 1010 g/mol. The number of hydrogen-bond acceptors (Lipinski definition) is 18. The van der Waals surface area contributed by atoms with Gasteiger partial charge in [-0.05, 0) is 67.4 Å². The molecule has 0 bridgehead atoms. The van der Waals surface area contributed by atoms with Gasteiger partial charge in [0.25, 0.3) is 5.91 Å². The second-order valence-electron chi connectivity index (χ2n) is 15.0. The SMILES string of the molecule is COP(=O)(O)OP(=O)(O)OP(=O)(O)OC[C@H]1O[C@@H](n2cnc3c(NCc4ccc(C#CCNC(=O)c5ccc(C(=O)O)c(-c6c7ccc(=O)cc-7oc(/C=C(\C)O)c6C)c5)cc4)ncnc32)CC1O. The summed E-state index contributed by atoms with van der Waals surface area (Å²) in [6.45, 7) is 2.55. The van der Waals surface area contributed by atoms with Crippen molar-refractivity contribution in [3.05, 3.63) is 123 Å². The minimum absolute atomic E-state index is 0.0468. The van der Waals surface area contributed by atoms with E-state index >= 15 is 0 Å². The fourth-order valence-electron chi connectivity index (χ4n) is 7.06. The third-order valence-electron chi connectivity index (χ3n) is 10.2. The molecule has 27 heteroatoms. The van der Waals surface area contributed by atoms with Crippen molar-refractivity contribution in [1.82, 2.24) is 24.8 Å². The van der Waals surface area contributed by atoms with Crippen LogP contribution in [0, 0.1) is 18.8 Å². The molecule has 1 aliphatic carbocycles. The number of benzene rings is 3. The van der Waals surface area contributed by atoms with E-state index in [-0.39, 0.29) is 52.4 Å². The van der Waals surface area contributed by atoms with Gasteiger partial charge >= 0.3 is 29.4 Å². The molecule has 4 unspecified atom stereocenters. The Morgan fingerprint density at radius 1 is 0.957 bits per heavy atom. The summed E-state index contributed by atoms with van der Waals surface area (Å²) >= 11 is 0. The topological polar surface area (TPSA) is 351 Å². The van der Waals surface area contributed by atoms with Crippen LogP contribution in [0.15, 0.2) is 88.3 Å². The minimum atomic E-state index is -5.63. The molecule has 2 aromatic heterocycles. The second kappa shape index (κ2) is 20.7. The van der Waals surface area contributed by atoms with Gasteiger partial charge in [-0.1, -0.05) is 24.0 Å². The summed E-state index contributed by atoms with van der Waals surface area (Å²) in [4.78, 5) is 79.6. The Morgan fingerprint density at radius 3 is 2.41 bits per heavy atom. The van der Waals surface area contributed by atoms with Crippen LogP contribution >= 0.6 is 23.5 Å². The molecule has 4 aromatic rings. The molecule has 0 saturated carbocycles. The van der Waals surface area contributed by atoms with Crippen LogP contribution in [-0.4, -0.2) is 93.9 Å². The molecule has 3 aliphatic rings. The zero-order valence-corrected chi connectivity index (χ0v) is 39.0. The Kier molecular flexibility index (Phi) is 15.1. The number of carbonyl (C=O) groups excluding carboxylic acids is 1. The highest BCUT2D eigenvalue weighted by Gasteiger charge is 2.43. The minimum Gasteiger partial charge on any atom is -0.512 e. The number of phosphoric ester groups is 2. The molecule has 1 saturated heterocycles. The smallest absolute Gasteiger partial charge is 0.490 e. The number of anilines is 1. The van der Waals surface area contributed by atoms with Crippen LogP contribution in [0.1, 0.15) is 62.7 Å². The number of hydrogen-bond donors (Lipinski definition) is 8. The number of rotatable bonds is 17. The number of carboxylic acids is 1. The summed E-state index contributed by atoms with van der Waals surface area (Å²) in [7, 11) is -15.5. The number of ether oxygens (including phenoxy) is 1. The molecule has 2 aromatic carbocycles. The van der Waals surface area contributed by atoms with E-state index in [0.717, 1.165) is 5.56 Å². The fraction of sp³-hybridized carbons (Fsp3) is 0.238. The molecule has 7 rings (SSSR count). The Labute approximate surface area is 390 Å². The summed E-state index contributed by atoms with van der Waals surface area (Å²) in [6, 6.07) is 15.4. The Hall–Kier alpha value is -6.41. The van der Waals surface area contributed by atoms with Crippen LogP contribution in [0.4, 0.5) is 5.82 Å². The molecular formula is C42H41N6O18P3. The van der Waals surface area contributed by atoms with Crippen LogP contribution in [0.25, 0.3) is 39.7 Å². The zero-order valence-electron chi connectivity index (χ0n) is 36.3. The number of aliphatic hydroxyl groups is 2. The van der Waals surface area contributed by atoms with Gasteiger partial charge in [0.15, 0.2) is 22.4 Å². The Balaban J connectivity index is 0.953. The highest BCUT2D eigenvalue weighted by molar-refractivity contribution is 7.66. The van der Waals surface area contributed by atoms with Crippen LogP contribution in [0.5, 0.6) is 0 Å². The molecule has 2 aliphatic heterocycles. The van der Waals surface area contributed by atoms with Crippen molar-refractivity contribution in [3.8, 4) is 34.3 Å². The highest BCUT2D eigenvalue weighted by atomic mass is 31.3. The lowest BCUT2D eigenvalue weighted by Gasteiger charge is -2.20. The number of aromatic carboxylic acids is 1. The number of aromatic nitrogens is 4. The van der Waals surface area contributed by atoms with E-state index in [2.05, 4.69) is 55.1 Å². The van der Waals surface area contributed by atoms with Crippen molar-refractivity contribution in [1.29, 1.82) is 0 Å². The maximum Gasteiger partial charge on any atom is 0.490 e. The lowest BCUT2D eigenvalue weighted by atomic mass is 9.88. The van der Waals surface area contributed by atoms with E-state index in [4.69, 9.17) is 9.15 Å². The van der Waals surface area contributed by atoms with E-state index in [1.54, 1.807) is 19.1 Å². The van der Waals surface area contributed by atoms with E-state index in [1.165, 1.54) is 66.6 Å². The average molecular weight is 1010 g/mol. The first-order chi connectivity index (χ1) is 32.6. The van der Waals surface area contributed by atoms with Crippen molar-refractivity contribution in [2.24, 2.45) is 0 Å². The largest absolute Gasteiger partial charge is 0.512 e. The third kappa shape index (κ3) is 12.3. The lowest BCUT2D eigenvalue weighted by molar-refractivity contribution is -0.0423. The molecule has 1 amide bonds. The normalized spacial score (nSPS) is 18.7. The van der Waals surface area contributed by atoms with Crippen LogP contribution in [-0.2, 0) is 42.6 Å². The predicted molar refractivity (Wildman–Crippen MR) is 242 cm³/mol. The number of aliphatic hydroxyl groups excluding tert-OH is 2. The number of imidazole rings is 1. The lowest BCUT2D eigenvalue weighted by Crippen LogP contribution is -2.26. The standard InChI is InChI=1S/C42H41N6O18P3/c1-23(49)15-33-24(2)37(30-13-11-28(50)17-34(30)63-33)31-16-27(10-12-29(31)42(53)54)41(52)43-14-4-5-25-6-8-26(9-7-25)19-44-39-38-40(46-21-45-39)48(22-47-38)36-18-32(51)35(64-36)20-62-68(57,58)66-69(59,60)65-67(55,56)61-3/h6-13,15-17,21-22,32,35-36,49,51H,14,18-20H2,1-3H3,(H,43,52)(H,53,54)(H,55,56)(H,57,58)(H,59,60)(H,44,45,46)/b23-15+/t32?,35-,36-/m1/s1. The maximum absolute atomic E-state index is 13.3. The average Bonchev–Trinajstić information content (AvgIpc) is 3.89. The number of carboxylic acid groups (broad SMARTS) is 1. The van der Waals surface area contributed by atoms with Gasteiger partial charge in [0.05, 0.1) is 36.9 Å². The number of amides is 1. The van der Waals surface area contributed by atoms with Gasteiger partial charge in [-0.15, -0.1) is 0 Å². The molecule has 24 nitrogen and oxygen atoms in total. The summed E-state index contributed by atoms with van der Waals surface area (Å²) in [5, 5.41) is 36.6. The van der Waals surface area contributed by atoms with E-state index < -0.39 is 60.4 Å². The van der Waals surface area contributed by atoms with Crippen LogP contribution < -0.4 is 16.1 Å². The first-order valence-electron chi connectivity index (χ1n) is 20.2. The number of carbonyl (C=O) groups is 2. The number of fused-ring (bicyclic) bond motifs is 2. The molecular weight excluding hydrogens is 969 g/mol. The van der Waals surface area contributed by atoms with E-state index in [9.17, 15) is 58.1 Å². The first kappa shape index (κ1) is 50.5. The summed E-state index contributed by atoms with van der Waals surface area (Å²) in [6.07, 6.45) is 0.543. The Bertz CT molecular complexity index is 3220. The number of nitrogens with zero attached hydrogens (tertiary/aromatic N) is 4.